The number of carbonyl (C=O) groups is 1. The Morgan fingerprint density at radius 3 is 2.88 bits per heavy atom. The topological polar surface area (TPSA) is 51.2 Å². The largest absolute Gasteiger partial charge is 0.465 e. The third-order valence-electron chi connectivity index (χ3n) is 3.56. The number of rotatable bonds is 4. The van der Waals surface area contributed by atoms with Gasteiger partial charge in [-0.05, 0) is 37.8 Å². The first kappa shape index (κ1) is 11.9. The Hall–Kier alpha value is -1.58. The van der Waals surface area contributed by atoms with E-state index in [0.29, 0.717) is 5.56 Å². The van der Waals surface area contributed by atoms with Crippen molar-refractivity contribution in [2.45, 2.75) is 38.1 Å². The number of methoxy groups -OCH3 is 1. The minimum atomic E-state index is -0.324. The normalized spacial score (nSPS) is 17.1. The van der Waals surface area contributed by atoms with Gasteiger partial charge in [0.05, 0.1) is 12.7 Å². The Bertz CT molecular complexity index is 408. The first-order chi connectivity index (χ1) is 8.19. The molecule has 1 aliphatic carbocycles. The van der Waals surface area contributed by atoms with Crippen LogP contribution in [0.1, 0.15) is 43.0 Å². The van der Waals surface area contributed by atoms with Gasteiger partial charge in [-0.15, -0.1) is 0 Å². The van der Waals surface area contributed by atoms with Crippen molar-refractivity contribution in [2.24, 2.45) is 0 Å². The number of hydrogen-bond acceptors (Lipinski definition) is 4. The standard InChI is InChI=1S/C13H18N2O2/c1-3-13(6-4-7-13)15-11-9-10(5-8-14-11)12(16)17-2/h5,8-9H,3-4,6-7H2,1-2H3,(H,14,15). The Morgan fingerprint density at radius 1 is 1.59 bits per heavy atom. The van der Waals surface area contributed by atoms with Crippen LogP contribution in [0.5, 0.6) is 0 Å². The van der Waals surface area contributed by atoms with Gasteiger partial charge in [0.1, 0.15) is 5.82 Å². The molecule has 2 rings (SSSR count). The number of nitrogens with one attached hydrogen (secondary N) is 1. The molecule has 1 N–H and O–H groups in total. The first-order valence-corrected chi connectivity index (χ1v) is 6.02. The van der Waals surface area contributed by atoms with E-state index >= 15 is 0 Å². The highest BCUT2D eigenvalue weighted by molar-refractivity contribution is 5.90. The average Bonchev–Trinajstić information content (AvgIpc) is 2.33. The van der Waals surface area contributed by atoms with Crippen LogP contribution in [-0.4, -0.2) is 23.6 Å². The van der Waals surface area contributed by atoms with Crippen molar-refractivity contribution in [3.63, 3.8) is 0 Å². The molecule has 0 saturated heterocycles. The van der Waals surface area contributed by atoms with Gasteiger partial charge in [0.15, 0.2) is 0 Å². The second-order valence-corrected chi connectivity index (χ2v) is 4.53. The Kier molecular flexibility index (Phi) is 3.31. The smallest absolute Gasteiger partial charge is 0.338 e. The molecule has 0 unspecified atom stereocenters. The molecule has 92 valence electrons. The van der Waals surface area contributed by atoms with Crippen LogP contribution in [0.3, 0.4) is 0 Å². The maximum atomic E-state index is 11.4. The molecule has 4 heteroatoms. The molecule has 1 aromatic heterocycles. The molecule has 1 saturated carbocycles. The summed E-state index contributed by atoms with van der Waals surface area (Å²) in [6.45, 7) is 2.18. The number of ether oxygens (including phenoxy) is 1. The highest BCUT2D eigenvalue weighted by atomic mass is 16.5. The molecule has 1 fully saturated rings. The molecule has 0 spiro atoms. The van der Waals surface area contributed by atoms with Gasteiger partial charge >= 0.3 is 5.97 Å². The van der Waals surface area contributed by atoms with Gasteiger partial charge in [-0.2, -0.15) is 0 Å². The molecule has 1 aromatic rings. The van der Waals surface area contributed by atoms with Crippen LogP contribution in [0, 0.1) is 0 Å². The Morgan fingerprint density at radius 2 is 2.35 bits per heavy atom. The van der Waals surface area contributed by atoms with Crippen LogP contribution in [-0.2, 0) is 4.74 Å². The summed E-state index contributed by atoms with van der Waals surface area (Å²) in [4.78, 5) is 15.7. The van der Waals surface area contributed by atoms with E-state index in [2.05, 4.69) is 17.2 Å². The van der Waals surface area contributed by atoms with Crippen LogP contribution in [0.25, 0.3) is 0 Å². The molecule has 0 aliphatic heterocycles. The van der Waals surface area contributed by atoms with Crippen molar-refractivity contribution in [3.8, 4) is 0 Å². The minimum absolute atomic E-state index is 0.182. The van der Waals surface area contributed by atoms with Gasteiger partial charge in [0, 0.05) is 11.7 Å². The van der Waals surface area contributed by atoms with Crippen LogP contribution in [0.2, 0.25) is 0 Å². The molecular weight excluding hydrogens is 216 g/mol. The number of anilines is 1. The van der Waals surface area contributed by atoms with Crippen molar-refractivity contribution in [1.29, 1.82) is 0 Å². The fourth-order valence-corrected chi connectivity index (χ4v) is 2.19. The minimum Gasteiger partial charge on any atom is -0.465 e. The van der Waals surface area contributed by atoms with E-state index in [1.807, 2.05) is 0 Å². The number of nitrogens with zero attached hydrogens (tertiary/aromatic N) is 1. The molecule has 1 aliphatic rings. The maximum Gasteiger partial charge on any atom is 0.338 e. The van der Waals surface area contributed by atoms with E-state index < -0.39 is 0 Å². The van der Waals surface area contributed by atoms with Gasteiger partial charge in [-0.1, -0.05) is 6.92 Å². The summed E-state index contributed by atoms with van der Waals surface area (Å²) in [5, 5.41) is 3.44. The van der Waals surface area contributed by atoms with Gasteiger partial charge in [-0.25, -0.2) is 9.78 Å². The number of pyridine rings is 1. The van der Waals surface area contributed by atoms with Gasteiger partial charge < -0.3 is 10.1 Å². The van der Waals surface area contributed by atoms with E-state index in [1.165, 1.54) is 26.4 Å². The average molecular weight is 234 g/mol. The zero-order valence-corrected chi connectivity index (χ0v) is 10.3. The Labute approximate surface area is 101 Å². The predicted octanol–water partition coefficient (Wildman–Crippen LogP) is 2.61. The second kappa shape index (κ2) is 4.73. The lowest BCUT2D eigenvalue weighted by Crippen LogP contribution is -2.44. The fourth-order valence-electron chi connectivity index (χ4n) is 2.19. The summed E-state index contributed by atoms with van der Waals surface area (Å²) in [5.74, 6) is 0.434. The van der Waals surface area contributed by atoms with Crippen LogP contribution >= 0.6 is 0 Å². The summed E-state index contributed by atoms with van der Waals surface area (Å²) >= 11 is 0. The summed E-state index contributed by atoms with van der Waals surface area (Å²) in [7, 11) is 1.38. The highest BCUT2D eigenvalue weighted by Gasteiger charge is 2.35. The van der Waals surface area contributed by atoms with Crippen molar-refractivity contribution < 1.29 is 9.53 Å². The van der Waals surface area contributed by atoms with E-state index in [1.54, 1.807) is 18.3 Å². The number of esters is 1. The summed E-state index contributed by atoms with van der Waals surface area (Å²) in [6.07, 6.45) is 6.33. The molecule has 0 bridgehead atoms. The van der Waals surface area contributed by atoms with Gasteiger partial charge in [0.25, 0.3) is 0 Å². The van der Waals surface area contributed by atoms with Crippen LogP contribution in [0.15, 0.2) is 18.3 Å². The third kappa shape index (κ3) is 2.40. The van der Waals surface area contributed by atoms with Crippen molar-refractivity contribution >= 4 is 11.8 Å². The summed E-state index contributed by atoms with van der Waals surface area (Å²) < 4.78 is 4.69. The molecule has 4 nitrogen and oxygen atoms in total. The molecular formula is C13H18N2O2. The maximum absolute atomic E-state index is 11.4. The van der Waals surface area contributed by atoms with Crippen molar-refractivity contribution in [3.05, 3.63) is 23.9 Å². The van der Waals surface area contributed by atoms with E-state index in [-0.39, 0.29) is 11.5 Å². The lowest BCUT2D eigenvalue weighted by atomic mass is 9.75. The van der Waals surface area contributed by atoms with E-state index in [0.717, 1.165) is 12.2 Å². The number of aromatic nitrogens is 1. The zero-order chi connectivity index (χ0) is 12.3. The van der Waals surface area contributed by atoms with Gasteiger partial charge in [-0.3, -0.25) is 0 Å². The SMILES string of the molecule is CCC1(Nc2cc(C(=O)OC)ccn2)CCC1. The molecule has 0 amide bonds. The quantitative estimate of drug-likeness (QED) is 0.814. The second-order valence-electron chi connectivity index (χ2n) is 4.53. The first-order valence-electron chi connectivity index (χ1n) is 6.02. The lowest BCUT2D eigenvalue weighted by Gasteiger charge is -2.42. The molecule has 0 atom stereocenters. The fraction of sp³-hybridized carbons (Fsp3) is 0.538. The Balaban J connectivity index is 2.13. The molecule has 1 heterocycles. The summed E-state index contributed by atoms with van der Waals surface area (Å²) in [5.41, 5.74) is 0.720. The highest BCUT2D eigenvalue weighted by Crippen LogP contribution is 2.37. The van der Waals surface area contributed by atoms with Crippen molar-refractivity contribution in [1.82, 2.24) is 4.98 Å². The van der Waals surface area contributed by atoms with E-state index in [9.17, 15) is 4.79 Å². The molecule has 0 aromatic carbocycles. The number of hydrogen-bond donors (Lipinski definition) is 1. The third-order valence-corrected chi connectivity index (χ3v) is 3.56. The molecule has 0 radical (unpaired) electrons. The van der Waals surface area contributed by atoms with Crippen LogP contribution < -0.4 is 5.32 Å². The summed E-state index contributed by atoms with van der Waals surface area (Å²) in [6, 6.07) is 3.41. The van der Waals surface area contributed by atoms with Gasteiger partial charge in [0.2, 0.25) is 0 Å². The van der Waals surface area contributed by atoms with Crippen LogP contribution in [0.4, 0.5) is 5.82 Å². The van der Waals surface area contributed by atoms with E-state index in [4.69, 9.17) is 4.74 Å². The monoisotopic (exact) mass is 234 g/mol. The van der Waals surface area contributed by atoms with Crippen molar-refractivity contribution in [2.75, 3.05) is 12.4 Å². The predicted molar refractivity (Wildman–Crippen MR) is 66.1 cm³/mol. The number of carbonyl (C=O) groups excluding carboxylic acids is 1. The molecule has 17 heavy (non-hydrogen) atoms. The lowest BCUT2D eigenvalue weighted by molar-refractivity contribution is 0.0600. The zero-order valence-electron chi connectivity index (χ0n) is 10.3.